The van der Waals surface area contributed by atoms with E-state index in [1.54, 1.807) is 32.6 Å². The van der Waals surface area contributed by atoms with E-state index in [2.05, 4.69) is 22.2 Å². The Labute approximate surface area is 165 Å². The number of aromatic nitrogens is 2. The van der Waals surface area contributed by atoms with E-state index < -0.39 is 17.7 Å². The van der Waals surface area contributed by atoms with Crippen molar-refractivity contribution in [1.29, 1.82) is 0 Å². The third-order valence-corrected chi connectivity index (χ3v) is 4.66. The second-order valence-electron chi connectivity index (χ2n) is 8.07. The van der Waals surface area contributed by atoms with Gasteiger partial charge in [-0.15, -0.1) is 0 Å². The monoisotopic (exact) mass is 384 g/mol. The van der Waals surface area contributed by atoms with Gasteiger partial charge in [-0.05, 0) is 45.7 Å². The number of para-hydroxylation sites is 1. The predicted molar refractivity (Wildman–Crippen MR) is 107 cm³/mol. The molecule has 2 heterocycles. The number of ether oxygens (including phenoxy) is 1. The molecule has 0 unspecified atom stereocenters. The highest BCUT2D eigenvalue weighted by Gasteiger charge is 2.38. The highest BCUT2D eigenvalue weighted by Crippen LogP contribution is 2.39. The first-order valence-corrected chi connectivity index (χ1v) is 9.64. The summed E-state index contributed by atoms with van der Waals surface area (Å²) >= 11 is 0. The summed E-state index contributed by atoms with van der Waals surface area (Å²) in [4.78, 5) is 34.9. The van der Waals surface area contributed by atoms with Gasteiger partial charge in [-0.2, -0.15) is 0 Å². The third kappa shape index (κ3) is 4.18. The van der Waals surface area contributed by atoms with Crippen LogP contribution in [0.4, 0.5) is 10.5 Å². The minimum absolute atomic E-state index is 0.199. The van der Waals surface area contributed by atoms with Crippen molar-refractivity contribution in [1.82, 2.24) is 15.3 Å². The van der Waals surface area contributed by atoms with Crippen molar-refractivity contribution in [2.24, 2.45) is 0 Å². The van der Waals surface area contributed by atoms with E-state index in [4.69, 9.17) is 4.74 Å². The van der Waals surface area contributed by atoms with E-state index in [-0.39, 0.29) is 11.9 Å². The smallest absolute Gasteiger partial charge is 0.408 e. The number of carbonyl (C=O) groups excluding carboxylic acids is 2. The number of anilines is 1. The van der Waals surface area contributed by atoms with Crippen LogP contribution in [0.3, 0.4) is 0 Å². The molecule has 0 aliphatic carbocycles. The second-order valence-corrected chi connectivity index (χ2v) is 8.07. The average Bonchev–Trinajstić information content (AvgIpc) is 3.23. The molecule has 150 valence electrons. The van der Waals surface area contributed by atoms with Gasteiger partial charge in [0.1, 0.15) is 17.5 Å². The van der Waals surface area contributed by atoms with Crippen LogP contribution in [-0.4, -0.2) is 33.6 Å². The lowest BCUT2D eigenvalue weighted by molar-refractivity contribution is -0.120. The summed E-state index contributed by atoms with van der Waals surface area (Å²) in [6, 6.07) is 6.86. The number of imidazole rings is 1. The van der Waals surface area contributed by atoms with Crippen LogP contribution in [0.25, 0.3) is 0 Å². The first-order chi connectivity index (χ1) is 13.2. The van der Waals surface area contributed by atoms with Gasteiger partial charge in [-0.25, -0.2) is 9.78 Å². The lowest BCUT2D eigenvalue weighted by Gasteiger charge is -2.28. The SMILES string of the molecule is CCc1cnc([C@@H]2Cc3ccccc3N2C(=O)[C@H](C)NC(=O)OC(C)(C)C)[nH]1. The van der Waals surface area contributed by atoms with Crippen LogP contribution in [0.15, 0.2) is 30.5 Å². The summed E-state index contributed by atoms with van der Waals surface area (Å²) in [6.45, 7) is 9.08. The summed E-state index contributed by atoms with van der Waals surface area (Å²) in [7, 11) is 0. The summed E-state index contributed by atoms with van der Waals surface area (Å²) in [5.41, 5.74) is 2.34. The molecule has 0 spiro atoms. The van der Waals surface area contributed by atoms with Crippen LogP contribution in [0.2, 0.25) is 0 Å². The first-order valence-electron chi connectivity index (χ1n) is 9.64. The molecule has 0 saturated heterocycles. The van der Waals surface area contributed by atoms with E-state index in [0.29, 0.717) is 6.42 Å². The molecule has 0 fully saturated rings. The van der Waals surface area contributed by atoms with Crippen molar-refractivity contribution in [2.75, 3.05) is 4.90 Å². The summed E-state index contributed by atoms with van der Waals surface area (Å²) in [5, 5.41) is 2.65. The Balaban J connectivity index is 1.84. The van der Waals surface area contributed by atoms with Crippen LogP contribution in [0.1, 0.15) is 57.7 Å². The molecule has 1 aliphatic heterocycles. The van der Waals surface area contributed by atoms with Crippen LogP contribution in [-0.2, 0) is 22.4 Å². The van der Waals surface area contributed by atoms with E-state index in [0.717, 1.165) is 29.2 Å². The topological polar surface area (TPSA) is 87.3 Å². The number of alkyl carbamates (subject to hydrolysis) is 1. The molecule has 3 rings (SSSR count). The quantitative estimate of drug-likeness (QED) is 0.844. The molecule has 2 N–H and O–H groups in total. The maximum atomic E-state index is 13.3. The molecular formula is C21H28N4O3. The standard InChI is InChI=1S/C21H28N4O3/c1-6-15-12-22-18(24-15)17-11-14-9-7-8-10-16(14)25(17)19(26)13(2)23-20(27)28-21(3,4)5/h7-10,12-13,17H,6,11H2,1-5H3,(H,22,24)(H,23,27)/t13-,17-/m0/s1. The Morgan fingerprint density at radius 1 is 1.36 bits per heavy atom. The minimum atomic E-state index is -0.732. The molecule has 1 aromatic heterocycles. The highest BCUT2D eigenvalue weighted by molar-refractivity contribution is 6.00. The number of hydrogen-bond donors (Lipinski definition) is 2. The van der Waals surface area contributed by atoms with E-state index in [1.165, 1.54) is 0 Å². The molecule has 2 atom stereocenters. The molecule has 1 aliphatic rings. The Hall–Kier alpha value is -2.83. The summed E-state index contributed by atoms with van der Waals surface area (Å²) in [5.74, 6) is 0.557. The largest absolute Gasteiger partial charge is 0.444 e. The number of aromatic amines is 1. The Morgan fingerprint density at radius 2 is 2.07 bits per heavy atom. The number of fused-ring (bicyclic) bond motifs is 1. The number of hydrogen-bond acceptors (Lipinski definition) is 4. The fraction of sp³-hybridized carbons (Fsp3) is 0.476. The van der Waals surface area contributed by atoms with Gasteiger partial charge in [-0.1, -0.05) is 25.1 Å². The van der Waals surface area contributed by atoms with Gasteiger partial charge in [0.15, 0.2) is 0 Å². The number of benzene rings is 1. The van der Waals surface area contributed by atoms with Crippen LogP contribution < -0.4 is 10.2 Å². The van der Waals surface area contributed by atoms with Crippen molar-refractivity contribution in [3.8, 4) is 0 Å². The van der Waals surface area contributed by atoms with Gasteiger partial charge in [0, 0.05) is 24.0 Å². The van der Waals surface area contributed by atoms with Crippen molar-refractivity contribution in [2.45, 2.75) is 65.1 Å². The van der Waals surface area contributed by atoms with Gasteiger partial charge in [0.2, 0.25) is 5.91 Å². The Morgan fingerprint density at radius 3 is 2.71 bits per heavy atom. The second kappa shape index (κ2) is 7.66. The molecule has 7 nitrogen and oxygen atoms in total. The number of nitrogens with one attached hydrogen (secondary N) is 2. The molecular weight excluding hydrogens is 356 g/mol. The van der Waals surface area contributed by atoms with Gasteiger partial charge in [0.05, 0.1) is 6.04 Å². The summed E-state index contributed by atoms with van der Waals surface area (Å²) in [6.07, 6.45) is 2.72. The molecule has 0 bridgehead atoms. The third-order valence-electron chi connectivity index (χ3n) is 4.66. The molecule has 0 radical (unpaired) electrons. The number of aryl methyl sites for hydroxylation is 1. The average molecular weight is 384 g/mol. The van der Waals surface area contributed by atoms with Crippen molar-refractivity contribution < 1.29 is 14.3 Å². The summed E-state index contributed by atoms with van der Waals surface area (Å²) < 4.78 is 5.28. The predicted octanol–water partition coefficient (Wildman–Crippen LogP) is 3.52. The first kappa shape index (κ1) is 19.9. The molecule has 1 aromatic carbocycles. The maximum Gasteiger partial charge on any atom is 0.408 e. The van der Waals surface area contributed by atoms with Crippen molar-refractivity contribution in [3.05, 3.63) is 47.5 Å². The molecule has 2 aromatic rings. The minimum Gasteiger partial charge on any atom is -0.444 e. The van der Waals surface area contributed by atoms with E-state index in [1.807, 2.05) is 30.5 Å². The number of rotatable bonds is 4. The zero-order valence-corrected chi connectivity index (χ0v) is 17.1. The lowest BCUT2D eigenvalue weighted by atomic mass is 10.1. The Kier molecular flexibility index (Phi) is 5.45. The lowest BCUT2D eigenvalue weighted by Crippen LogP contribution is -2.48. The fourth-order valence-corrected chi connectivity index (χ4v) is 3.36. The number of carbonyl (C=O) groups is 2. The number of amides is 2. The van der Waals surface area contributed by atoms with Crippen molar-refractivity contribution >= 4 is 17.7 Å². The zero-order chi connectivity index (χ0) is 20.5. The van der Waals surface area contributed by atoms with Gasteiger partial charge < -0.3 is 15.0 Å². The van der Waals surface area contributed by atoms with Gasteiger partial charge >= 0.3 is 6.09 Å². The van der Waals surface area contributed by atoms with Gasteiger partial charge in [-0.3, -0.25) is 9.69 Å². The zero-order valence-electron chi connectivity index (χ0n) is 17.1. The van der Waals surface area contributed by atoms with Crippen molar-refractivity contribution in [3.63, 3.8) is 0 Å². The molecule has 2 amide bonds. The fourth-order valence-electron chi connectivity index (χ4n) is 3.36. The highest BCUT2D eigenvalue weighted by atomic mass is 16.6. The number of nitrogens with zero attached hydrogens (tertiary/aromatic N) is 2. The van der Waals surface area contributed by atoms with Crippen LogP contribution in [0.5, 0.6) is 0 Å². The molecule has 28 heavy (non-hydrogen) atoms. The van der Waals surface area contributed by atoms with E-state index >= 15 is 0 Å². The molecule has 0 saturated carbocycles. The van der Waals surface area contributed by atoms with Gasteiger partial charge in [0.25, 0.3) is 0 Å². The maximum absolute atomic E-state index is 13.3. The molecule has 7 heteroatoms. The van der Waals surface area contributed by atoms with E-state index in [9.17, 15) is 9.59 Å². The Bertz CT molecular complexity index is 869. The number of H-pyrrole nitrogens is 1. The van der Waals surface area contributed by atoms with Crippen LogP contribution in [0, 0.1) is 0 Å². The van der Waals surface area contributed by atoms with Crippen LogP contribution >= 0.6 is 0 Å². The normalized spacial score (nSPS) is 17.2.